The molecule has 1 aliphatic carbocycles. The van der Waals surface area contributed by atoms with E-state index in [4.69, 9.17) is 0 Å². The van der Waals surface area contributed by atoms with E-state index < -0.39 is 0 Å². The van der Waals surface area contributed by atoms with Gasteiger partial charge in [-0.2, -0.15) is 15.8 Å². The summed E-state index contributed by atoms with van der Waals surface area (Å²) < 4.78 is 0. The zero-order chi connectivity index (χ0) is 35.5. The second kappa shape index (κ2) is 11.8. The molecule has 0 N–H and O–H groups in total. The monoisotopic (exact) mass is 657 g/mol. The molecule has 52 heavy (non-hydrogen) atoms. The highest BCUT2D eigenvalue weighted by molar-refractivity contribution is 6.25. The zero-order valence-electron chi connectivity index (χ0n) is 28.0. The third kappa shape index (κ3) is 4.50. The molecule has 0 aromatic heterocycles. The van der Waals surface area contributed by atoms with Gasteiger partial charge in [0.1, 0.15) is 0 Å². The molecule has 0 fully saturated rings. The minimum absolute atomic E-state index is 0.608. The van der Waals surface area contributed by atoms with E-state index in [2.05, 4.69) is 92.0 Å². The Morgan fingerprint density at radius 2 is 0.904 bits per heavy atom. The first-order valence-electron chi connectivity index (χ1n) is 17.0. The van der Waals surface area contributed by atoms with E-state index >= 15 is 0 Å². The van der Waals surface area contributed by atoms with E-state index in [-0.39, 0.29) is 0 Å². The molecule has 0 saturated heterocycles. The lowest BCUT2D eigenvalue weighted by molar-refractivity contribution is 1.48. The number of nitrogens with zero attached hydrogens (tertiary/aromatic N) is 3. The van der Waals surface area contributed by atoms with Crippen LogP contribution >= 0.6 is 0 Å². The van der Waals surface area contributed by atoms with Crippen molar-refractivity contribution in [1.82, 2.24) is 0 Å². The highest BCUT2D eigenvalue weighted by atomic mass is 14.3. The van der Waals surface area contributed by atoms with Crippen molar-refractivity contribution in [3.05, 3.63) is 168 Å². The van der Waals surface area contributed by atoms with E-state index in [9.17, 15) is 15.8 Å². The van der Waals surface area contributed by atoms with Gasteiger partial charge in [-0.1, -0.05) is 92.0 Å². The van der Waals surface area contributed by atoms with Crippen LogP contribution in [0.4, 0.5) is 0 Å². The maximum atomic E-state index is 9.62. The van der Waals surface area contributed by atoms with E-state index in [1.54, 1.807) is 0 Å². The summed E-state index contributed by atoms with van der Waals surface area (Å²) in [6, 6.07) is 50.1. The van der Waals surface area contributed by atoms with Gasteiger partial charge >= 0.3 is 0 Å². The van der Waals surface area contributed by atoms with E-state index in [1.165, 1.54) is 27.6 Å². The Morgan fingerprint density at radius 1 is 0.365 bits per heavy atom. The predicted molar refractivity (Wildman–Crippen MR) is 214 cm³/mol. The van der Waals surface area contributed by atoms with Gasteiger partial charge in [-0.3, -0.25) is 0 Å². The van der Waals surface area contributed by atoms with Gasteiger partial charge in [0.2, 0.25) is 0 Å². The van der Waals surface area contributed by atoms with Crippen molar-refractivity contribution in [1.29, 1.82) is 15.8 Å². The van der Waals surface area contributed by atoms with Crippen LogP contribution in [-0.2, 0) is 0 Å². The fourth-order valence-electron chi connectivity index (χ4n) is 8.06. The number of nitriles is 3. The number of rotatable bonds is 5. The smallest absolute Gasteiger partial charge is 0.0991 e. The number of benzene rings is 8. The molecule has 0 saturated carbocycles. The van der Waals surface area contributed by atoms with Crippen LogP contribution in [0.2, 0.25) is 0 Å². The minimum atomic E-state index is 0.608. The Labute approximate surface area is 301 Å². The standard InChI is InChI=1S/C49H27N3/c1-3-35-36(4-2)43-23-42(33-17-13-30(27-51)14-18-33)46-24-45-40-20-19-37(34-8-5-7-31(21-34)28-52)38-9-6-10-39(49(38)40)44(45)25-48(46)47(43)22-41(35)32-15-11-29(26-50)12-16-32/h3-25H,1-2H2. The van der Waals surface area contributed by atoms with Crippen LogP contribution in [-0.4, -0.2) is 0 Å². The van der Waals surface area contributed by atoms with Gasteiger partial charge in [0.15, 0.2) is 0 Å². The summed E-state index contributed by atoms with van der Waals surface area (Å²) in [5, 5.41) is 35.4. The molecule has 0 atom stereocenters. The first-order chi connectivity index (χ1) is 25.5. The summed E-state index contributed by atoms with van der Waals surface area (Å²) in [5.41, 5.74) is 14.7. The van der Waals surface area contributed by atoms with E-state index in [1.807, 2.05) is 78.9 Å². The number of hydrogen-bond acceptors (Lipinski definition) is 3. The van der Waals surface area contributed by atoms with Gasteiger partial charge in [-0.05, 0) is 160 Å². The van der Waals surface area contributed by atoms with Crippen molar-refractivity contribution in [3.8, 4) is 73.8 Å². The molecule has 0 bridgehead atoms. The minimum Gasteiger partial charge on any atom is -0.192 e. The molecule has 0 spiro atoms. The largest absolute Gasteiger partial charge is 0.192 e. The first kappa shape index (κ1) is 30.5. The van der Waals surface area contributed by atoms with Crippen LogP contribution in [0, 0.1) is 34.0 Å². The van der Waals surface area contributed by atoms with Crippen molar-refractivity contribution >= 4 is 44.5 Å². The van der Waals surface area contributed by atoms with Gasteiger partial charge < -0.3 is 0 Å². The summed E-state index contributed by atoms with van der Waals surface area (Å²) in [4.78, 5) is 0. The molecule has 238 valence electrons. The quantitative estimate of drug-likeness (QED) is 0.173. The third-order valence-electron chi connectivity index (χ3n) is 10.5. The molecular formula is C49H27N3. The van der Waals surface area contributed by atoms with Gasteiger partial charge in [0.25, 0.3) is 0 Å². The lowest BCUT2D eigenvalue weighted by atomic mass is 9.84. The highest BCUT2D eigenvalue weighted by Gasteiger charge is 2.26. The summed E-state index contributed by atoms with van der Waals surface area (Å²) in [5.74, 6) is 0. The van der Waals surface area contributed by atoms with Crippen LogP contribution in [0.1, 0.15) is 27.8 Å². The Bertz CT molecular complexity index is 3000. The molecule has 3 heteroatoms. The average molecular weight is 658 g/mol. The molecule has 0 radical (unpaired) electrons. The lowest BCUT2D eigenvalue weighted by Gasteiger charge is -2.19. The average Bonchev–Trinajstić information content (AvgIpc) is 3.52. The molecular weight excluding hydrogens is 631 g/mol. The van der Waals surface area contributed by atoms with Crippen LogP contribution < -0.4 is 0 Å². The predicted octanol–water partition coefficient (Wildman–Crippen LogP) is 12.7. The van der Waals surface area contributed by atoms with Crippen molar-refractivity contribution < 1.29 is 0 Å². The Balaban J connectivity index is 1.39. The number of hydrogen-bond donors (Lipinski definition) is 0. The topological polar surface area (TPSA) is 71.4 Å². The second-order valence-corrected chi connectivity index (χ2v) is 13.1. The lowest BCUT2D eigenvalue weighted by Crippen LogP contribution is -1.94. The Kier molecular flexibility index (Phi) is 6.94. The third-order valence-corrected chi connectivity index (χ3v) is 10.5. The first-order valence-corrected chi connectivity index (χ1v) is 17.0. The van der Waals surface area contributed by atoms with E-state index in [0.717, 1.165) is 71.4 Å². The maximum Gasteiger partial charge on any atom is 0.0991 e. The van der Waals surface area contributed by atoms with Gasteiger partial charge in [0, 0.05) is 0 Å². The van der Waals surface area contributed by atoms with Gasteiger partial charge in [0.05, 0.1) is 34.9 Å². The summed E-state index contributed by atoms with van der Waals surface area (Å²) in [6.45, 7) is 8.48. The summed E-state index contributed by atoms with van der Waals surface area (Å²) in [7, 11) is 0. The number of fused-ring (bicyclic) bond motifs is 6. The van der Waals surface area contributed by atoms with Gasteiger partial charge in [-0.15, -0.1) is 0 Å². The van der Waals surface area contributed by atoms with E-state index in [0.29, 0.717) is 16.7 Å². The molecule has 8 aromatic carbocycles. The fourth-order valence-corrected chi connectivity index (χ4v) is 8.06. The molecule has 0 heterocycles. The Hall–Kier alpha value is -7.51. The van der Waals surface area contributed by atoms with Crippen LogP contribution in [0.5, 0.6) is 0 Å². The van der Waals surface area contributed by atoms with Crippen molar-refractivity contribution in [2.75, 3.05) is 0 Å². The van der Waals surface area contributed by atoms with Crippen LogP contribution in [0.15, 0.2) is 141 Å². The second-order valence-electron chi connectivity index (χ2n) is 13.1. The van der Waals surface area contributed by atoms with Crippen molar-refractivity contribution in [3.63, 3.8) is 0 Å². The maximum absolute atomic E-state index is 9.62. The van der Waals surface area contributed by atoms with Gasteiger partial charge in [-0.25, -0.2) is 0 Å². The zero-order valence-corrected chi connectivity index (χ0v) is 28.0. The fraction of sp³-hybridized carbons (Fsp3) is 0. The van der Waals surface area contributed by atoms with Crippen molar-refractivity contribution in [2.24, 2.45) is 0 Å². The molecule has 9 rings (SSSR count). The Morgan fingerprint density at radius 3 is 1.56 bits per heavy atom. The molecule has 3 nitrogen and oxygen atoms in total. The molecule has 0 amide bonds. The van der Waals surface area contributed by atoms with Crippen LogP contribution in [0.3, 0.4) is 0 Å². The molecule has 0 aliphatic heterocycles. The summed E-state index contributed by atoms with van der Waals surface area (Å²) >= 11 is 0. The SMILES string of the molecule is C=Cc1c(-c2ccc(C#N)cc2)cc2c(cc(-c3ccc(C#N)cc3)c3cc4c(cc32)-c2cccc3c(-c5cccc(C#N)c5)ccc-4c23)c1C=C. The van der Waals surface area contributed by atoms with Crippen LogP contribution in [0.25, 0.3) is 100 Å². The molecule has 1 aliphatic rings. The summed E-state index contributed by atoms with van der Waals surface area (Å²) in [6.07, 6.45) is 3.80. The normalized spacial score (nSPS) is 11.2. The van der Waals surface area contributed by atoms with Crippen molar-refractivity contribution in [2.45, 2.75) is 0 Å². The molecule has 8 aromatic rings. The highest BCUT2D eigenvalue weighted by Crippen LogP contribution is 2.52. The molecule has 0 unspecified atom stereocenters.